The van der Waals surface area contributed by atoms with Crippen LogP contribution in [0.4, 0.5) is 0 Å². The highest BCUT2D eigenvalue weighted by molar-refractivity contribution is 5.95. The molecule has 0 aliphatic heterocycles. The molecule has 0 saturated carbocycles. The number of imidazole rings is 1. The van der Waals surface area contributed by atoms with Gasteiger partial charge in [0.05, 0.1) is 24.9 Å². The lowest BCUT2D eigenvalue weighted by atomic mass is 9.98. The van der Waals surface area contributed by atoms with Gasteiger partial charge in [-0.05, 0) is 31.2 Å². The second kappa shape index (κ2) is 7.06. The van der Waals surface area contributed by atoms with Gasteiger partial charge in [0.15, 0.2) is 0 Å². The minimum absolute atomic E-state index is 0.109. The molecule has 1 amide bonds. The van der Waals surface area contributed by atoms with Gasteiger partial charge < -0.3 is 19.7 Å². The van der Waals surface area contributed by atoms with E-state index in [1.165, 1.54) is 7.11 Å². The second-order valence-corrected chi connectivity index (χ2v) is 5.54. The van der Waals surface area contributed by atoms with Gasteiger partial charge in [-0.1, -0.05) is 0 Å². The number of nitrogens with zero attached hydrogens (tertiary/aromatic N) is 2. The van der Waals surface area contributed by atoms with Crippen molar-refractivity contribution in [2.75, 3.05) is 13.7 Å². The zero-order chi connectivity index (χ0) is 16.9. The average Bonchev–Trinajstić information content (AvgIpc) is 3.00. The predicted octanol–water partition coefficient (Wildman–Crippen LogP) is 1.48. The third-order valence-corrected chi connectivity index (χ3v) is 3.35. The number of methoxy groups -OCH3 is 1. The number of benzene rings is 1. The van der Waals surface area contributed by atoms with E-state index in [1.807, 2.05) is 4.57 Å². The Kier molecular flexibility index (Phi) is 5.13. The Balaban J connectivity index is 2.11. The van der Waals surface area contributed by atoms with Gasteiger partial charge in [-0.25, -0.2) is 4.98 Å². The topological polar surface area (TPSA) is 93.5 Å². The Bertz CT molecular complexity index is 667. The van der Waals surface area contributed by atoms with Gasteiger partial charge in [-0.3, -0.25) is 9.59 Å². The molecule has 0 spiro atoms. The van der Waals surface area contributed by atoms with Crippen LogP contribution in [0, 0.1) is 0 Å². The van der Waals surface area contributed by atoms with Gasteiger partial charge in [0.1, 0.15) is 0 Å². The molecule has 0 aliphatic rings. The summed E-state index contributed by atoms with van der Waals surface area (Å²) in [6.07, 6.45) is 4.91. The number of carboxylic acids is 1. The van der Waals surface area contributed by atoms with Crippen molar-refractivity contribution in [3.63, 3.8) is 0 Å². The van der Waals surface area contributed by atoms with Crippen LogP contribution in [-0.2, 0) is 9.53 Å². The number of aliphatic carboxylic acids is 1. The lowest BCUT2D eigenvalue weighted by Gasteiger charge is -2.28. The Morgan fingerprint density at radius 1 is 1.35 bits per heavy atom. The predicted molar refractivity (Wildman–Crippen MR) is 83.6 cm³/mol. The molecule has 23 heavy (non-hydrogen) atoms. The summed E-state index contributed by atoms with van der Waals surface area (Å²) >= 11 is 0. The molecule has 2 rings (SSSR count). The fourth-order valence-corrected chi connectivity index (χ4v) is 2.33. The molecule has 0 aliphatic carbocycles. The molecule has 7 nitrogen and oxygen atoms in total. The summed E-state index contributed by atoms with van der Waals surface area (Å²) in [6.45, 7) is 1.75. The number of aromatic nitrogens is 2. The first kappa shape index (κ1) is 16.7. The van der Waals surface area contributed by atoms with Crippen molar-refractivity contribution in [1.82, 2.24) is 14.9 Å². The van der Waals surface area contributed by atoms with Crippen LogP contribution in [0.3, 0.4) is 0 Å². The first-order valence-corrected chi connectivity index (χ1v) is 7.05. The first-order valence-electron chi connectivity index (χ1n) is 7.05. The Morgan fingerprint density at radius 3 is 2.57 bits per heavy atom. The standard InChI is InChI=1S/C16H19N3O4/c1-16(10-23-2,9-14(20)21)18-15(22)12-3-5-13(6-4-12)19-8-7-17-11-19/h3-8,11H,9-10H2,1-2H3,(H,18,22)(H,20,21). The van der Waals surface area contributed by atoms with Crippen molar-refractivity contribution in [1.29, 1.82) is 0 Å². The summed E-state index contributed by atoms with van der Waals surface area (Å²) in [5.74, 6) is -1.34. The quantitative estimate of drug-likeness (QED) is 0.807. The zero-order valence-electron chi connectivity index (χ0n) is 13.0. The smallest absolute Gasteiger partial charge is 0.305 e. The van der Waals surface area contributed by atoms with Gasteiger partial charge in [-0.15, -0.1) is 0 Å². The summed E-state index contributed by atoms with van der Waals surface area (Å²) in [5.41, 5.74) is 0.353. The fraction of sp³-hybridized carbons (Fsp3) is 0.312. The van der Waals surface area contributed by atoms with Crippen LogP contribution in [0.5, 0.6) is 0 Å². The van der Waals surface area contributed by atoms with Gasteiger partial charge >= 0.3 is 5.97 Å². The monoisotopic (exact) mass is 317 g/mol. The fourth-order valence-electron chi connectivity index (χ4n) is 2.33. The van der Waals surface area contributed by atoms with E-state index in [4.69, 9.17) is 9.84 Å². The summed E-state index contributed by atoms with van der Waals surface area (Å²) < 4.78 is 6.84. The SMILES string of the molecule is COCC(C)(CC(=O)O)NC(=O)c1ccc(-n2ccnc2)cc1. The molecule has 0 radical (unpaired) electrons. The minimum Gasteiger partial charge on any atom is -0.481 e. The van der Waals surface area contributed by atoms with E-state index in [2.05, 4.69) is 10.3 Å². The zero-order valence-corrected chi connectivity index (χ0v) is 13.0. The van der Waals surface area contributed by atoms with Crippen LogP contribution in [0.25, 0.3) is 5.69 Å². The van der Waals surface area contributed by atoms with Gasteiger partial charge in [0.25, 0.3) is 5.91 Å². The Morgan fingerprint density at radius 2 is 2.04 bits per heavy atom. The van der Waals surface area contributed by atoms with Gasteiger partial charge in [0.2, 0.25) is 0 Å². The highest BCUT2D eigenvalue weighted by Crippen LogP contribution is 2.14. The molecule has 1 unspecified atom stereocenters. The molecular weight excluding hydrogens is 298 g/mol. The summed E-state index contributed by atoms with van der Waals surface area (Å²) in [4.78, 5) is 27.3. The van der Waals surface area contributed by atoms with Crippen molar-refractivity contribution in [2.24, 2.45) is 0 Å². The summed E-state index contributed by atoms with van der Waals surface area (Å²) in [7, 11) is 1.46. The lowest BCUT2D eigenvalue weighted by molar-refractivity contribution is -0.139. The number of hydrogen-bond donors (Lipinski definition) is 2. The third-order valence-electron chi connectivity index (χ3n) is 3.35. The van der Waals surface area contributed by atoms with E-state index in [-0.39, 0.29) is 18.9 Å². The van der Waals surface area contributed by atoms with E-state index in [0.717, 1.165) is 5.69 Å². The summed E-state index contributed by atoms with van der Waals surface area (Å²) in [5, 5.41) is 11.7. The minimum atomic E-state index is -1.000. The number of carboxylic acid groups (broad SMARTS) is 1. The third kappa shape index (κ3) is 4.40. The number of rotatable bonds is 7. The molecule has 2 N–H and O–H groups in total. The molecule has 122 valence electrons. The Labute approximate surface area is 133 Å². The van der Waals surface area contributed by atoms with Crippen molar-refractivity contribution < 1.29 is 19.4 Å². The van der Waals surface area contributed by atoms with Crippen molar-refractivity contribution in [2.45, 2.75) is 18.9 Å². The molecule has 1 aromatic carbocycles. The number of hydrogen-bond acceptors (Lipinski definition) is 4. The number of carbonyl (C=O) groups excluding carboxylic acids is 1. The van der Waals surface area contributed by atoms with E-state index in [0.29, 0.717) is 5.56 Å². The number of ether oxygens (including phenoxy) is 1. The maximum atomic E-state index is 12.3. The number of carbonyl (C=O) groups is 2. The maximum absolute atomic E-state index is 12.3. The highest BCUT2D eigenvalue weighted by atomic mass is 16.5. The maximum Gasteiger partial charge on any atom is 0.305 e. The lowest BCUT2D eigenvalue weighted by Crippen LogP contribution is -2.50. The molecule has 1 aromatic heterocycles. The van der Waals surface area contributed by atoms with Crippen LogP contribution in [0.15, 0.2) is 43.0 Å². The molecule has 2 aromatic rings. The molecule has 0 fully saturated rings. The van der Waals surface area contributed by atoms with Crippen LogP contribution >= 0.6 is 0 Å². The number of amides is 1. The summed E-state index contributed by atoms with van der Waals surface area (Å²) in [6, 6.07) is 6.94. The van der Waals surface area contributed by atoms with E-state index >= 15 is 0 Å². The van der Waals surface area contributed by atoms with E-state index < -0.39 is 11.5 Å². The van der Waals surface area contributed by atoms with Crippen LogP contribution in [0.2, 0.25) is 0 Å². The van der Waals surface area contributed by atoms with Crippen molar-refractivity contribution in [3.8, 4) is 5.69 Å². The van der Waals surface area contributed by atoms with Crippen molar-refractivity contribution >= 4 is 11.9 Å². The molecule has 0 bridgehead atoms. The van der Waals surface area contributed by atoms with Gasteiger partial charge in [-0.2, -0.15) is 0 Å². The highest BCUT2D eigenvalue weighted by Gasteiger charge is 2.29. The van der Waals surface area contributed by atoms with Crippen LogP contribution in [0.1, 0.15) is 23.7 Å². The van der Waals surface area contributed by atoms with Crippen LogP contribution < -0.4 is 5.32 Å². The number of nitrogens with one attached hydrogen (secondary N) is 1. The van der Waals surface area contributed by atoms with Crippen LogP contribution in [-0.4, -0.2) is 45.8 Å². The second-order valence-electron chi connectivity index (χ2n) is 5.54. The largest absolute Gasteiger partial charge is 0.481 e. The molecule has 7 heteroatoms. The average molecular weight is 317 g/mol. The van der Waals surface area contributed by atoms with Gasteiger partial charge in [0, 0.05) is 30.8 Å². The first-order chi connectivity index (χ1) is 10.9. The normalized spacial score (nSPS) is 13.3. The van der Waals surface area contributed by atoms with Crippen molar-refractivity contribution in [3.05, 3.63) is 48.5 Å². The molecular formula is C16H19N3O4. The molecule has 1 heterocycles. The van der Waals surface area contributed by atoms with E-state index in [1.54, 1.807) is 49.9 Å². The molecule has 0 saturated heterocycles. The van der Waals surface area contributed by atoms with E-state index in [9.17, 15) is 9.59 Å². The molecule has 1 atom stereocenters. The Hall–Kier alpha value is -2.67.